The van der Waals surface area contributed by atoms with E-state index in [4.69, 9.17) is 0 Å². The van der Waals surface area contributed by atoms with E-state index in [1.807, 2.05) is 0 Å². The molecule has 1 aromatic carbocycles. The van der Waals surface area contributed by atoms with Crippen molar-refractivity contribution in [3.63, 3.8) is 0 Å². The lowest BCUT2D eigenvalue weighted by atomic mass is 9.95. The van der Waals surface area contributed by atoms with Crippen LogP contribution in [-0.2, 0) is 0 Å². The van der Waals surface area contributed by atoms with Crippen LogP contribution in [0.15, 0.2) is 35.3 Å². The standard InChI is InChI=1S/C12H13F3N2OS/c1-19-10-16-9(8-5-3-2-4-6-8)7-11(18,17-10)12(13,14)15/h2-6,9,18H,7H2,1H3,(H,16,17)/t9-,11+/m1/s1. The van der Waals surface area contributed by atoms with E-state index in [-0.39, 0.29) is 5.17 Å². The fourth-order valence-corrected chi connectivity index (χ4v) is 2.39. The van der Waals surface area contributed by atoms with Crippen molar-refractivity contribution in [2.24, 2.45) is 4.99 Å². The molecule has 19 heavy (non-hydrogen) atoms. The molecular weight excluding hydrogens is 277 g/mol. The van der Waals surface area contributed by atoms with Gasteiger partial charge in [-0.15, -0.1) is 0 Å². The highest BCUT2D eigenvalue weighted by molar-refractivity contribution is 8.13. The zero-order chi connectivity index (χ0) is 14.1. The molecule has 0 aliphatic carbocycles. The second-order valence-electron chi connectivity index (χ2n) is 4.25. The molecule has 3 nitrogen and oxygen atoms in total. The van der Waals surface area contributed by atoms with Crippen molar-refractivity contribution < 1.29 is 18.3 Å². The van der Waals surface area contributed by atoms with Crippen LogP contribution < -0.4 is 5.32 Å². The topological polar surface area (TPSA) is 44.6 Å². The minimum Gasteiger partial charge on any atom is -0.363 e. The third-order valence-corrected chi connectivity index (χ3v) is 3.52. The van der Waals surface area contributed by atoms with Gasteiger partial charge in [0.2, 0.25) is 5.72 Å². The summed E-state index contributed by atoms with van der Waals surface area (Å²) in [6.07, 6.45) is -3.68. The Morgan fingerprint density at radius 3 is 2.53 bits per heavy atom. The molecule has 1 aromatic rings. The number of alkyl halides is 3. The van der Waals surface area contributed by atoms with Crippen LogP contribution in [0.5, 0.6) is 0 Å². The molecule has 1 heterocycles. The monoisotopic (exact) mass is 290 g/mol. The van der Waals surface area contributed by atoms with Gasteiger partial charge in [-0.3, -0.25) is 4.99 Å². The Kier molecular flexibility index (Phi) is 3.78. The Morgan fingerprint density at radius 1 is 1.37 bits per heavy atom. The summed E-state index contributed by atoms with van der Waals surface area (Å²) in [4.78, 5) is 4.19. The van der Waals surface area contributed by atoms with Gasteiger partial charge >= 0.3 is 6.18 Å². The third-order valence-electron chi connectivity index (χ3n) is 2.92. The normalized spacial score (nSPS) is 27.6. The summed E-state index contributed by atoms with van der Waals surface area (Å²) >= 11 is 1.04. The van der Waals surface area contributed by atoms with Crippen LogP contribution in [-0.4, -0.2) is 28.4 Å². The molecule has 104 valence electrons. The van der Waals surface area contributed by atoms with Crippen molar-refractivity contribution in [2.45, 2.75) is 24.4 Å². The van der Waals surface area contributed by atoms with Gasteiger partial charge in [-0.2, -0.15) is 13.2 Å². The Labute approximate surface area is 112 Å². The number of benzene rings is 1. The number of hydrogen-bond acceptors (Lipinski definition) is 4. The van der Waals surface area contributed by atoms with Gasteiger partial charge in [-0.05, 0) is 11.8 Å². The Morgan fingerprint density at radius 2 is 2.00 bits per heavy atom. The summed E-state index contributed by atoms with van der Waals surface area (Å²) in [7, 11) is 0. The zero-order valence-electron chi connectivity index (χ0n) is 10.1. The summed E-state index contributed by atoms with van der Waals surface area (Å²) in [5.41, 5.74) is -2.29. The van der Waals surface area contributed by atoms with Crippen molar-refractivity contribution >= 4 is 16.9 Å². The first-order chi connectivity index (χ1) is 8.86. The number of halogens is 3. The smallest absolute Gasteiger partial charge is 0.363 e. The van der Waals surface area contributed by atoms with E-state index in [1.54, 1.807) is 36.6 Å². The number of amidine groups is 1. The van der Waals surface area contributed by atoms with Gasteiger partial charge in [0, 0.05) is 6.42 Å². The van der Waals surface area contributed by atoms with Crippen LogP contribution in [0.3, 0.4) is 0 Å². The predicted molar refractivity (Wildman–Crippen MR) is 68.9 cm³/mol. The number of nitrogens with zero attached hydrogens (tertiary/aromatic N) is 1. The second kappa shape index (κ2) is 5.05. The highest BCUT2D eigenvalue weighted by atomic mass is 32.2. The number of hydrogen-bond donors (Lipinski definition) is 2. The molecule has 0 radical (unpaired) electrons. The second-order valence-corrected chi connectivity index (χ2v) is 5.05. The van der Waals surface area contributed by atoms with Gasteiger partial charge in [0.1, 0.15) is 0 Å². The number of aliphatic hydroxyl groups is 1. The van der Waals surface area contributed by atoms with Crippen molar-refractivity contribution in [3.8, 4) is 0 Å². The molecular formula is C12H13F3N2OS. The fraction of sp³-hybridized carbons (Fsp3) is 0.417. The molecule has 0 fully saturated rings. The maximum absolute atomic E-state index is 12.9. The predicted octanol–water partition coefficient (Wildman–Crippen LogP) is 2.69. The Balaban J connectivity index is 2.36. The van der Waals surface area contributed by atoms with Crippen LogP contribution in [0.25, 0.3) is 0 Å². The third kappa shape index (κ3) is 2.87. The van der Waals surface area contributed by atoms with Gasteiger partial charge in [0.15, 0.2) is 5.17 Å². The van der Waals surface area contributed by atoms with E-state index < -0.39 is 24.4 Å². The largest absolute Gasteiger partial charge is 0.436 e. The molecule has 1 aliphatic rings. The van der Waals surface area contributed by atoms with Gasteiger partial charge in [-0.25, -0.2) is 0 Å². The van der Waals surface area contributed by atoms with Gasteiger partial charge in [-0.1, -0.05) is 42.1 Å². The van der Waals surface area contributed by atoms with Gasteiger partial charge in [0.05, 0.1) is 6.04 Å². The lowest BCUT2D eigenvalue weighted by molar-refractivity contribution is -0.271. The van der Waals surface area contributed by atoms with Gasteiger partial charge in [0.25, 0.3) is 0 Å². The molecule has 2 atom stereocenters. The molecule has 0 unspecified atom stereocenters. The van der Waals surface area contributed by atoms with Crippen molar-refractivity contribution in [2.75, 3.05) is 6.26 Å². The minimum absolute atomic E-state index is 0.0833. The first-order valence-corrected chi connectivity index (χ1v) is 6.82. The molecule has 0 saturated carbocycles. The molecule has 0 aromatic heterocycles. The average molecular weight is 290 g/mol. The summed E-state index contributed by atoms with van der Waals surface area (Å²) in [5, 5.41) is 12.0. The highest BCUT2D eigenvalue weighted by Crippen LogP contribution is 2.40. The van der Waals surface area contributed by atoms with Crippen LogP contribution >= 0.6 is 11.8 Å². The molecule has 0 saturated heterocycles. The maximum atomic E-state index is 12.9. The number of nitrogens with one attached hydrogen (secondary N) is 1. The van der Waals surface area contributed by atoms with E-state index in [2.05, 4.69) is 10.3 Å². The molecule has 2 N–H and O–H groups in total. The lowest BCUT2D eigenvalue weighted by Gasteiger charge is -2.37. The fourth-order valence-electron chi connectivity index (χ4n) is 1.89. The molecule has 0 bridgehead atoms. The Hall–Kier alpha value is -1.21. The SMILES string of the molecule is CSC1=N[C@@H](c2ccccc2)C[C@](O)(C(F)(F)F)N1. The molecule has 0 spiro atoms. The number of aliphatic imine (C=N–C) groups is 1. The van der Waals surface area contributed by atoms with E-state index in [1.165, 1.54) is 0 Å². The summed E-state index contributed by atoms with van der Waals surface area (Å²) in [6.45, 7) is 0. The lowest BCUT2D eigenvalue weighted by Crippen LogP contribution is -2.60. The van der Waals surface area contributed by atoms with Crippen molar-refractivity contribution in [1.82, 2.24) is 5.32 Å². The van der Waals surface area contributed by atoms with E-state index in [0.717, 1.165) is 11.8 Å². The number of thioether (sulfide) groups is 1. The summed E-state index contributed by atoms with van der Waals surface area (Å²) < 4.78 is 38.8. The minimum atomic E-state index is -4.75. The van der Waals surface area contributed by atoms with Crippen LogP contribution in [0.1, 0.15) is 18.0 Å². The van der Waals surface area contributed by atoms with E-state index >= 15 is 0 Å². The highest BCUT2D eigenvalue weighted by Gasteiger charge is 2.57. The molecule has 2 rings (SSSR count). The van der Waals surface area contributed by atoms with Crippen LogP contribution in [0.4, 0.5) is 13.2 Å². The first-order valence-electron chi connectivity index (χ1n) is 5.60. The van der Waals surface area contributed by atoms with Crippen LogP contribution in [0, 0.1) is 0 Å². The molecule has 1 aliphatic heterocycles. The summed E-state index contributed by atoms with van der Waals surface area (Å²) in [6, 6.07) is 7.94. The molecule has 7 heteroatoms. The number of rotatable bonds is 1. The van der Waals surface area contributed by atoms with Crippen molar-refractivity contribution in [3.05, 3.63) is 35.9 Å². The van der Waals surface area contributed by atoms with Gasteiger partial charge < -0.3 is 10.4 Å². The van der Waals surface area contributed by atoms with E-state index in [9.17, 15) is 18.3 Å². The van der Waals surface area contributed by atoms with Crippen LogP contribution in [0.2, 0.25) is 0 Å². The first kappa shape index (κ1) is 14.2. The Bertz CT molecular complexity index is 478. The van der Waals surface area contributed by atoms with Crippen molar-refractivity contribution in [1.29, 1.82) is 0 Å². The zero-order valence-corrected chi connectivity index (χ0v) is 10.9. The summed E-state index contributed by atoms with van der Waals surface area (Å²) in [5.74, 6) is 0. The average Bonchev–Trinajstić information content (AvgIpc) is 2.38. The quantitative estimate of drug-likeness (QED) is 0.836. The maximum Gasteiger partial charge on any atom is 0.436 e. The van der Waals surface area contributed by atoms with E-state index in [0.29, 0.717) is 5.56 Å². The molecule has 0 amide bonds.